The van der Waals surface area contributed by atoms with E-state index in [0.29, 0.717) is 25.4 Å². The Morgan fingerprint density at radius 1 is 1.24 bits per heavy atom. The van der Waals surface area contributed by atoms with Gasteiger partial charge in [0, 0.05) is 19.0 Å². The second-order valence-corrected chi connectivity index (χ2v) is 6.07. The van der Waals surface area contributed by atoms with Gasteiger partial charge in [-0.25, -0.2) is 4.39 Å². The molecule has 2 aromatic carbocycles. The standard InChI is InChI=1S/C19H21FN2O2.ClH/c1-24-18-8-7-15(20)9-16(18)19(23)22-11-14(10-21)17(12-22)13-5-3-2-4-6-13;/h2-9,14,17H,10-12,21H2,1H3;1H/t14-,17+;/m1./s1. The van der Waals surface area contributed by atoms with Crippen LogP contribution in [0, 0.1) is 11.7 Å². The van der Waals surface area contributed by atoms with Crippen LogP contribution < -0.4 is 10.5 Å². The molecule has 0 unspecified atom stereocenters. The van der Waals surface area contributed by atoms with E-state index in [-0.39, 0.29) is 35.7 Å². The number of rotatable bonds is 4. The number of halogens is 2. The van der Waals surface area contributed by atoms with Crippen molar-refractivity contribution in [3.63, 3.8) is 0 Å². The highest BCUT2D eigenvalue weighted by Gasteiger charge is 2.36. The third-order valence-electron chi connectivity index (χ3n) is 4.65. The molecule has 0 radical (unpaired) electrons. The van der Waals surface area contributed by atoms with Crippen molar-refractivity contribution in [3.05, 3.63) is 65.5 Å². The summed E-state index contributed by atoms with van der Waals surface area (Å²) in [4.78, 5) is 14.6. The molecule has 1 fully saturated rings. The van der Waals surface area contributed by atoms with Crippen LogP contribution in [0.3, 0.4) is 0 Å². The molecular formula is C19H22ClFN2O2. The Balaban J connectivity index is 0.00000225. The molecule has 1 heterocycles. The van der Waals surface area contributed by atoms with Gasteiger partial charge in [-0.2, -0.15) is 0 Å². The fourth-order valence-corrected chi connectivity index (χ4v) is 3.37. The molecule has 2 atom stereocenters. The fraction of sp³-hybridized carbons (Fsp3) is 0.316. The lowest BCUT2D eigenvalue weighted by Gasteiger charge is -2.18. The summed E-state index contributed by atoms with van der Waals surface area (Å²) in [5, 5.41) is 0. The van der Waals surface area contributed by atoms with Crippen LogP contribution in [0.25, 0.3) is 0 Å². The first kappa shape index (κ1) is 19.2. The quantitative estimate of drug-likeness (QED) is 0.907. The lowest BCUT2D eigenvalue weighted by Crippen LogP contribution is -2.30. The molecule has 6 heteroatoms. The number of nitrogens with two attached hydrogens (primary N) is 1. The van der Waals surface area contributed by atoms with E-state index in [1.54, 1.807) is 4.90 Å². The SMILES string of the molecule is COc1ccc(F)cc1C(=O)N1C[C@@H](CN)[C@H](c2ccccc2)C1.Cl. The lowest BCUT2D eigenvalue weighted by molar-refractivity contribution is 0.0782. The van der Waals surface area contributed by atoms with Gasteiger partial charge in [0.15, 0.2) is 0 Å². The Kier molecular flexibility index (Phi) is 6.39. The summed E-state index contributed by atoms with van der Waals surface area (Å²) in [5.74, 6) is 0.0982. The average Bonchev–Trinajstić information content (AvgIpc) is 3.06. The second kappa shape index (κ2) is 8.32. The zero-order valence-corrected chi connectivity index (χ0v) is 14.8. The minimum atomic E-state index is -0.451. The van der Waals surface area contributed by atoms with Gasteiger partial charge in [-0.1, -0.05) is 30.3 Å². The molecular weight excluding hydrogens is 343 g/mol. The highest BCUT2D eigenvalue weighted by molar-refractivity contribution is 5.97. The number of hydrogen-bond acceptors (Lipinski definition) is 3. The average molecular weight is 365 g/mol. The van der Waals surface area contributed by atoms with E-state index in [4.69, 9.17) is 10.5 Å². The van der Waals surface area contributed by atoms with Crippen molar-refractivity contribution in [2.45, 2.75) is 5.92 Å². The molecule has 1 amide bonds. The molecule has 134 valence electrons. The normalized spacial score (nSPS) is 19.4. The van der Waals surface area contributed by atoms with Gasteiger partial charge in [0.25, 0.3) is 5.91 Å². The lowest BCUT2D eigenvalue weighted by atomic mass is 9.89. The first-order valence-electron chi connectivity index (χ1n) is 8.02. The van der Waals surface area contributed by atoms with Crippen LogP contribution in [-0.4, -0.2) is 37.6 Å². The molecule has 3 rings (SSSR count). The molecule has 0 aromatic heterocycles. The predicted octanol–water partition coefficient (Wildman–Crippen LogP) is 3.07. The van der Waals surface area contributed by atoms with Gasteiger partial charge < -0.3 is 15.4 Å². The molecule has 0 bridgehead atoms. The van der Waals surface area contributed by atoms with Crippen LogP contribution >= 0.6 is 12.4 Å². The molecule has 1 saturated heterocycles. The Bertz CT molecular complexity index is 727. The Labute approximate surface area is 153 Å². The molecule has 0 aliphatic carbocycles. The smallest absolute Gasteiger partial charge is 0.257 e. The number of carbonyl (C=O) groups excluding carboxylic acids is 1. The molecule has 2 N–H and O–H groups in total. The van der Waals surface area contributed by atoms with Gasteiger partial charge in [0.1, 0.15) is 11.6 Å². The second-order valence-electron chi connectivity index (χ2n) is 6.07. The summed E-state index contributed by atoms with van der Waals surface area (Å²) < 4.78 is 18.8. The number of carbonyl (C=O) groups is 1. The summed E-state index contributed by atoms with van der Waals surface area (Å²) in [6.45, 7) is 1.64. The summed E-state index contributed by atoms with van der Waals surface area (Å²) in [5.41, 5.74) is 7.35. The summed E-state index contributed by atoms with van der Waals surface area (Å²) in [7, 11) is 1.48. The van der Waals surface area contributed by atoms with E-state index in [1.165, 1.54) is 30.9 Å². The van der Waals surface area contributed by atoms with Gasteiger partial charge in [0.05, 0.1) is 12.7 Å². The van der Waals surface area contributed by atoms with Crippen molar-refractivity contribution >= 4 is 18.3 Å². The van der Waals surface area contributed by atoms with E-state index < -0.39 is 5.82 Å². The first-order valence-corrected chi connectivity index (χ1v) is 8.02. The van der Waals surface area contributed by atoms with E-state index in [2.05, 4.69) is 12.1 Å². The number of hydrogen-bond donors (Lipinski definition) is 1. The van der Waals surface area contributed by atoms with E-state index in [0.717, 1.165) is 0 Å². The van der Waals surface area contributed by atoms with Gasteiger partial charge in [-0.05, 0) is 36.2 Å². The van der Waals surface area contributed by atoms with Crippen molar-refractivity contribution in [2.75, 3.05) is 26.7 Å². The minimum Gasteiger partial charge on any atom is -0.496 e. The van der Waals surface area contributed by atoms with Crippen molar-refractivity contribution in [2.24, 2.45) is 11.7 Å². The third-order valence-corrected chi connectivity index (χ3v) is 4.65. The number of ether oxygens (including phenoxy) is 1. The van der Waals surface area contributed by atoms with Crippen molar-refractivity contribution in [1.29, 1.82) is 0 Å². The van der Waals surface area contributed by atoms with Crippen LogP contribution in [-0.2, 0) is 0 Å². The van der Waals surface area contributed by atoms with Gasteiger partial charge in [-0.15, -0.1) is 12.4 Å². The van der Waals surface area contributed by atoms with Gasteiger partial charge >= 0.3 is 0 Å². The molecule has 2 aromatic rings. The summed E-state index contributed by atoms with van der Waals surface area (Å²) in [6, 6.07) is 14.1. The van der Waals surface area contributed by atoms with E-state index in [1.807, 2.05) is 18.2 Å². The Hall–Kier alpha value is -2.11. The monoisotopic (exact) mass is 364 g/mol. The van der Waals surface area contributed by atoms with Crippen LogP contribution in [0.1, 0.15) is 21.8 Å². The number of benzene rings is 2. The maximum absolute atomic E-state index is 13.6. The summed E-state index contributed by atoms with van der Waals surface area (Å²) in [6.07, 6.45) is 0. The molecule has 0 saturated carbocycles. The van der Waals surface area contributed by atoms with E-state index >= 15 is 0 Å². The largest absolute Gasteiger partial charge is 0.496 e. The predicted molar refractivity (Wildman–Crippen MR) is 97.8 cm³/mol. The maximum atomic E-state index is 13.6. The van der Waals surface area contributed by atoms with Gasteiger partial charge in [-0.3, -0.25) is 4.79 Å². The maximum Gasteiger partial charge on any atom is 0.257 e. The van der Waals surface area contributed by atoms with Crippen LogP contribution in [0.4, 0.5) is 4.39 Å². The van der Waals surface area contributed by atoms with E-state index in [9.17, 15) is 9.18 Å². The van der Waals surface area contributed by atoms with Gasteiger partial charge in [0.2, 0.25) is 0 Å². The van der Waals surface area contributed by atoms with Crippen LogP contribution in [0.2, 0.25) is 0 Å². The first-order chi connectivity index (χ1) is 11.6. The van der Waals surface area contributed by atoms with Crippen molar-refractivity contribution < 1.29 is 13.9 Å². The molecule has 25 heavy (non-hydrogen) atoms. The highest BCUT2D eigenvalue weighted by atomic mass is 35.5. The fourth-order valence-electron chi connectivity index (χ4n) is 3.37. The number of amides is 1. The van der Waals surface area contributed by atoms with Crippen molar-refractivity contribution in [3.8, 4) is 5.75 Å². The molecule has 0 spiro atoms. The Morgan fingerprint density at radius 2 is 1.96 bits per heavy atom. The number of methoxy groups -OCH3 is 1. The third kappa shape index (κ3) is 3.94. The number of likely N-dealkylation sites (tertiary alicyclic amines) is 1. The zero-order chi connectivity index (χ0) is 17.1. The molecule has 4 nitrogen and oxygen atoms in total. The Morgan fingerprint density at radius 3 is 2.60 bits per heavy atom. The summed E-state index contributed by atoms with van der Waals surface area (Å²) >= 11 is 0. The topological polar surface area (TPSA) is 55.6 Å². The molecule has 1 aliphatic heterocycles. The minimum absolute atomic E-state index is 0. The van der Waals surface area contributed by atoms with Crippen LogP contribution in [0.5, 0.6) is 5.75 Å². The van der Waals surface area contributed by atoms with Crippen molar-refractivity contribution in [1.82, 2.24) is 4.90 Å². The molecule has 1 aliphatic rings. The zero-order valence-electron chi connectivity index (χ0n) is 14.0. The number of nitrogens with zero attached hydrogens (tertiary/aromatic N) is 1. The van der Waals surface area contributed by atoms with Crippen LogP contribution in [0.15, 0.2) is 48.5 Å². The highest BCUT2D eigenvalue weighted by Crippen LogP contribution is 2.33.